The first-order valence-corrected chi connectivity index (χ1v) is 8.96. The second-order valence-electron chi connectivity index (χ2n) is 7.06. The van der Waals surface area contributed by atoms with Gasteiger partial charge in [0.05, 0.1) is 0 Å². The van der Waals surface area contributed by atoms with Crippen LogP contribution in [0.5, 0.6) is 0 Å². The van der Waals surface area contributed by atoms with Crippen LogP contribution in [0, 0.1) is 17.8 Å². The maximum Gasteiger partial charge on any atom is 0.132 e. The summed E-state index contributed by atoms with van der Waals surface area (Å²) in [6.45, 7) is 2.31. The van der Waals surface area contributed by atoms with Gasteiger partial charge in [0.2, 0.25) is 0 Å². The summed E-state index contributed by atoms with van der Waals surface area (Å²) in [4.78, 5) is 11.2. The van der Waals surface area contributed by atoms with E-state index >= 15 is 0 Å². The molecule has 2 aliphatic carbocycles. The lowest BCUT2D eigenvalue weighted by Crippen LogP contribution is -2.13. The highest BCUT2D eigenvalue weighted by atomic mass is 16.1. The third-order valence-corrected chi connectivity index (χ3v) is 5.40. The maximum atomic E-state index is 11.2. The molecular weight excluding hydrogens is 244 g/mol. The van der Waals surface area contributed by atoms with E-state index in [1.807, 2.05) is 0 Å². The van der Waals surface area contributed by atoms with E-state index in [0.717, 1.165) is 43.4 Å². The van der Waals surface area contributed by atoms with Crippen LogP contribution in [0.1, 0.15) is 84.0 Å². The first-order valence-electron chi connectivity index (χ1n) is 8.96. The third kappa shape index (κ3) is 5.42. The molecule has 0 aliphatic heterocycles. The van der Waals surface area contributed by atoms with Gasteiger partial charge in [0.1, 0.15) is 5.78 Å². The molecule has 0 unspecified atom stereocenters. The molecule has 1 nitrogen and oxygen atoms in total. The highest BCUT2D eigenvalue weighted by Gasteiger charge is 2.19. The summed E-state index contributed by atoms with van der Waals surface area (Å²) in [5, 5.41) is 0. The van der Waals surface area contributed by atoms with Crippen molar-refractivity contribution in [2.45, 2.75) is 84.0 Å². The average Bonchev–Trinajstić information content (AvgIpc) is 2.47. The molecule has 20 heavy (non-hydrogen) atoms. The Morgan fingerprint density at radius 1 is 0.950 bits per heavy atom. The third-order valence-electron chi connectivity index (χ3n) is 5.40. The molecule has 2 fully saturated rings. The normalized spacial score (nSPS) is 29.1. The van der Waals surface area contributed by atoms with Crippen molar-refractivity contribution in [1.29, 1.82) is 0 Å². The Bertz CT molecular complexity index is 300. The van der Waals surface area contributed by atoms with Gasteiger partial charge >= 0.3 is 0 Å². The van der Waals surface area contributed by atoms with Gasteiger partial charge in [-0.2, -0.15) is 0 Å². The number of ketones is 1. The minimum Gasteiger partial charge on any atom is -0.300 e. The van der Waals surface area contributed by atoms with Crippen molar-refractivity contribution >= 4 is 5.78 Å². The number of carbonyl (C=O) groups is 1. The van der Waals surface area contributed by atoms with Gasteiger partial charge < -0.3 is 0 Å². The lowest BCUT2D eigenvalue weighted by molar-refractivity contribution is -0.121. The van der Waals surface area contributed by atoms with Crippen molar-refractivity contribution in [3.05, 3.63) is 12.2 Å². The molecule has 0 aromatic carbocycles. The monoisotopic (exact) mass is 276 g/mol. The Labute approximate surface area is 125 Å². The Kier molecular flexibility index (Phi) is 6.82. The summed E-state index contributed by atoms with van der Waals surface area (Å²) in [5.74, 6) is 3.18. The summed E-state index contributed by atoms with van der Waals surface area (Å²) >= 11 is 0. The van der Waals surface area contributed by atoms with Gasteiger partial charge in [-0.25, -0.2) is 0 Å². The highest BCUT2D eigenvalue weighted by Crippen LogP contribution is 2.32. The van der Waals surface area contributed by atoms with E-state index in [4.69, 9.17) is 0 Å². The van der Waals surface area contributed by atoms with Crippen molar-refractivity contribution in [2.24, 2.45) is 17.8 Å². The van der Waals surface area contributed by atoms with Gasteiger partial charge in [-0.3, -0.25) is 4.79 Å². The number of allylic oxidation sites excluding steroid dienone is 2. The molecule has 0 aromatic rings. The summed E-state index contributed by atoms with van der Waals surface area (Å²) in [6, 6.07) is 0. The Hall–Kier alpha value is -0.590. The van der Waals surface area contributed by atoms with Crippen LogP contribution in [-0.4, -0.2) is 5.78 Å². The number of hydrogen-bond donors (Lipinski definition) is 0. The first-order chi connectivity index (χ1) is 9.78. The molecule has 0 amide bonds. The molecule has 0 atom stereocenters. The van der Waals surface area contributed by atoms with E-state index in [-0.39, 0.29) is 0 Å². The van der Waals surface area contributed by atoms with Gasteiger partial charge in [-0.05, 0) is 69.1 Å². The van der Waals surface area contributed by atoms with Gasteiger partial charge in [0.25, 0.3) is 0 Å². The number of Topliss-reactive ketones (excluding diaryl/α,β-unsaturated/α-hetero) is 1. The Morgan fingerprint density at radius 2 is 1.60 bits per heavy atom. The lowest BCUT2D eigenvalue weighted by Gasteiger charge is -2.26. The molecule has 0 heterocycles. The topological polar surface area (TPSA) is 17.1 Å². The van der Waals surface area contributed by atoms with Crippen molar-refractivity contribution in [2.75, 3.05) is 0 Å². The summed E-state index contributed by atoms with van der Waals surface area (Å²) in [6.07, 6.45) is 20.0. The molecule has 2 rings (SSSR count). The molecule has 2 aliphatic rings. The number of hydrogen-bond acceptors (Lipinski definition) is 1. The second kappa shape index (κ2) is 8.64. The predicted octanol–water partition coefficient (Wildman–Crippen LogP) is 5.69. The standard InChI is InChI=1S/C19H32O/c1-2-5-16-8-10-17(11-9-16)6-3-4-7-18-12-14-19(20)15-13-18/h3,6,16-18H,2,4-5,7-15H2,1H3/t16-,17-. The fourth-order valence-electron chi connectivity index (χ4n) is 3.99. The SMILES string of the molecule is CCC[C@H]1CC[C@H](C=CCCC2CCC(=O)CC2)CC1. The van der Waals surface area contributed by atoms with Gasteiger partial charge in [0.15, 0.2) is 0 Å². The highest BCUT2D eigenvalue weighted by molar-refractivity contribution is 5.78. The number of rotatable bonds is 6. The Morgan fingerprint density at radius 3 is 2.25 bits per heavy atom. The van der Waals surface area contributed by atoms with E-state index in [1.165, 1.54) is 51.4 Å². The Balaban J connectivity index is 1.56. The maximum absolute atomic E-state index is 11.2. The smallest absolute Gasteiger partial charge is 0.132 e. The second-order valence-corrected chi connectivity index (χ2v) is 7.06. The quantitative estimate of drug-likeness (QED) is 0.570. The van der Waals surface area contributed by atoms with Crippen LogP contribution in [0.2, 0.25) is 0 Å². The molecule has 2 saturated carbocycles. The minimum absolute atomic E-state index is 0.487. The molecular formula is C19H32O. The van der Waals surface area contributed by atoms with E-state index < -0.39 is 0 Å². The zero-order chi connectivity index (χ0) is 14.2. The molecule has 0 aromatic heterocycles. The van der Waals surface area contributed by atoms with E-state index in [1.54, 1.807) is 0 Å². The van der Waals surface area contributed by atoms with Crippen molar-refractivity contribution < 1.29 is 4.79 Å². The van der Waals surface area contributed by atoms with Gasteiger partial charge in [-0.1, -0.05) is 31.9 Å². The first kappa shape index (κ1) is 15.8. The summed E-state index contributed by atoms with van der Waals surface area (Å²) in [5.41, 5.74) is 0. The van der Waals surface area contributed by atoms with Gasteiger partial charge in [-0.15, -0.1) is 0 Å². The van der Waals surface area contributed by atoms with Crippen LogP contribution < -0.4 is 0 Å². The van der Waals surface area contributed by atoms with Crippen LogP contribution >= 0.6 is 0 Å². The zero-order valence-electron chi connectivity index (χ0n) is 13.3. The molecule has 0 spiro atoms. The molecule has 0 N–H and O–H groups in total. The van der Waals surface area contributed by atoms with Crippen LogP contribution in [0.4, 0.5) is 0 Å². The summed E-state index contributed by atoms with van der Waals surface area (Å²) < 4.78 is 0. The van der Waals surface area contributed by atoms with Crippen molar-refractivity contribution in [3.63, 3.8) is 0 Å². The molecule has 0 bridgehead atoms. The molecule has 0 saturated heterocycles. The largest absolute Gasteiger partial charge is 0.300 e. The molecule has 114 valence electrons. The van der Waals surface area contributed by atoms with Crippen molar-refractivity contribution in [1.82, 2.24) is 0 Å². The average molecular weight is 276 g/mol. The minimum atomic E-state index is 0.487. The predicted molar refractivity (Wildman–Crippen MR) is 85.7 cm³/mol. The van der Waals surface area contributed by atoms with E-state index in [2.05, 4.69) is 19.1 Å². The molecule has 1 heteroatoms. The van der Waals surface area contributed by atoms with Crippen LogP contribution in [0.25, 0.3) is 0 Å². The van der Waals surface area contributed by atoms with Crippen LogP contribution in [0.3, 0.4) is 0 Å². The fraction of sp³-hybridized carbons (Fsp3) is 0.842. The van der Waals surface area contributed by atoms with Crippen LogP contribution in [0.15, 0.2) is 12.2 Å². The molecule has 0 radical (unpaired) electrons. The summed E-state index contributed by atoms with van der Waals surface area (Å²) in [7, 11) is 0. The number of carbonyl (C=O) groups excluding carboxylic acids is 1. The fourth-order valence-corrected chi connectivity index (χ4v) is 3.99. The zero-order valence-corrected chi connectivity index (χ0v) is 13.3. The van der Waals surface area contributed by atoms with E-state index in [0.29, 0.717) is 5.78 Å². The van der Waals surface area contributed by atoms with Gasteiger partial charge in [0, 0.05) is 12.8 Å². The van der Waals surface area contributed by atoms with Crippen molar-refractivity contribution in [3.8, 4) is 0 Å². The van der Waals surface area contributed by atoms with Crippen LogP contribution in [-0.2, 0) is 4.79 Å². The lowest BCUT2D eigenvalue weighted by atomic mass is 9.80. The van der Waals surface area contributed by atoms with E-state index in [9.17, 15) is 4.79 Å².